The van der Waals surface area contributed by atoms with Gasteiger partial charge in [-0.3, -0.25) is 0 Å². The average Bonchev–Trinajstić information content (AvgIpc) is 2.62. The number of halogens is 1. The summed E-state index contributed by atoms with van der Waals surface area (Å²) in [6.07, 6.45) is 3.64. The van der Waals surface area contributed by atoms with Crippen LogP contribution in [0.3, 0.4) is 0 Å². The van der Waals surface area contributed by atoms with Gasteiger partial charge in [0.05, 0.1) is 12.6 Å². The number of nitrogens with zero attached hydrogens (tertiary/aromatic N) is 2. The first-order valence-corrected chi connectivity index (χ1v) is 9.60. The Bertz CT molecular complexity index is 544. The van der Waals surface area contributed by atoms with Gasteiger partial charge in [0.1, 0.15) is 0 Å². The van der Waals surface area contributed by atoms with Crippen LogP contribution in [-0.4, -0.2) is 48.2 Å². The molecule has 0 radical (unpaired) electrons. The smallest absolute Gasteiger partial charge is 0.191 e. The Balaban J connectivity index is 0.00000338. The first-order chi connectivity index (χ1) is 12.1. The summed E-state index contributed by atoms with van der Waals surface area (Å²) in [6.45, 7) is 7.80. The number of guanidine groups is 1. The van der Waals surface area contributed by atoms with E-state index in [1.807, 2.05) is 0 Å². The van der Waals surface area contributed by atoms with Gasteiger partial charge in [-0.25, -0.2) is 4.99 Å². The second kappa shape index (κ2) is 12.5. The highest BCUT2D eigenvalue weighted by atomic mass is 127. The van der Waals surface area contributed by atoms with Crippen LogP contribution in [0.15, 0.2) is 29.3 Å². The number of aliphatic imine (C=N–C) groups is 1. The van der Waals surface area contributed by atoms with Crippen molar-refractivity contribution in [2.45, 2.75) is 64.8 Å². The average molecular weight is 474 g/mol. The molecule has 0 aromatic heterocycles. The van der Waals surface area contributed by atoms with Crippen LogP contribution >= 0.6 is 24.0 Å². The Morgan fingerprint density at radius 1 is 1.19 bits per heavy atom. The molecule has 1 fully saturated rings. The second-order valence-corrected chi connectivity index (χ2v) is 7.00. The third-order valence-electron chi connectivity index (χ3n) is 4.79. The third-order valence-corrected chi connectivity index (χ3v) is 4.79. The number of aliphatic hydroxyl groups excluding tert-OH is 1. The monoisotopic (exact) mass is 474 g/mol. The quantitative estimate of drug-likeness (QED) is 0.323. The summed E-state index contributed by atoms with van der Waals surface area (Å²) in [5, 5.41) is 16.5. The van der Waals surface area contributed by atoms with Crippen molar-refractivity contribution in [3.63, 3.8) is 0 Å². The molecule has 1 aliphatic carbocycles. The molecular formula is C20H35IN4O. The predicted octanol–water partition coefficient (Wildman–Crippen LogP) is 3.11. The zero-order valence-corrected chi connectivity index (χ0v) is 18.7. The normalized spacial score (nSPS) is 20.6. The highest BCUT2D eigenvalue weighted by Crippen LogP contribution is 2.18. The van der Waals surface area contributed by atoms with E-state index in [2.05, 4.69) is 60.7 Å². The lowest BCUT2D eigenvalue weighted by atomic mass is 9.93. The van der Waals surface area contributed by atoms with Crippen molar-refractivity contribution < 1.29 is 5.11 Å². The fourth-order valence-corrected chi connectivity index (χ4v) is 3.15. The molecular weight excluding hydrogens is 439 g/mol. The number of aliphatic hydroxyl groups is 1. The second-order valence-electron chi connectivity index (χ2n) is 7.00. The van der Waals surface area contributed by atoms with Gasteiger partial charge in [-0.1, -0.05) is 31.2 Å². The van der Waals surface area contributed by atoms with Gasteiger partial charge in [-0.05, 0) is 57.3 Å². The lowest BCUT2D eigenvalue weighted by molar-refractivity contribution is 0.120. The maximum absolute atomic E-state index is 9.65. The number of hydrogen-bond donors (Lipinski definition) is 3. The lowest BCUT2D eigenvalue weighted by Crippen LogP contribution is -2.45. The number of hydrogen-bond acceptors (Lipinski definition) is 3. The molecule has 2 rings (SSSR count). The highest BCUT2D eigenvalue weighted by Gasteiger charge is 2.19. The van der Waals surface area contributed by atoms with Gasteiger partial charge in [-0.2, -0.15) is 0 Å². The molecule has 0 bridgehead atoms. The summed E-state index contributed by atoms with van der Waals surface area (Å²) in [6, 6.07) is 9.09. The van der Waals surface area contributed by atoms with Crippen molar-refractivity contribution in [1.82, 2.24) is 15.5 Å². The maximum atomic E-state index is 9.65. The molecule has 1 aromatic rings. The largest absolute Gasteiger partial charge is 0.393 e. The molecule has 1 aromatic carbocycles. The zero-order chi connectivity index (χ0) is 18.1. The van der Waals surface area contributed by atoms with Gasteiger partial charge < -0.3 is 20.6 Å². The first kappa shape index (κ1) is 23.2. The SMILES string of the molecule is CCNC(=NCc1cccc(CN(C)CC)c1)NC1CCC(O)CC1.I. The Morgan fingerprint density at radius 2 is 1.88 bits per heavy atom. The molecule has 0 aliphatic heterocycles. The molecule has 6 heteroatoms. The van der Waals surface area contributed by atoms with Crippen LogP contribution in [0.5, 0.6) is 0 Å². The third kappa shape index (κ3) is 8.22. The van der Waals surface area contributed by atoms with E-state index in [0.29, 0.717) is 12.6 Å². The minimum absolute atomic E-state index is 0. The van der Waals surface area contributed by atoms with Gasteiger partial charge in [0, 0.05) is 19.1 Å². The van der Waals surface area contributed by atoms with E-state index in [0.717, 1.165) is 51.3 Å². The molecule has 1 aliphatic rings. The summed E-state index contributed by atoms with van der Waals surface area (Å²) in [5.41, 5.74) is 2.56. The zero-order valence-electron chi connectivity index (χ0n) is 16.4. The topological polar surface area (TPSA) is 59.9 Å². The Labute approximate surface area is 175 Å². The number of rotatable bonds is 7. The lowest BCUT2D eigenvalue weighted by Gasteiger charge is -2.27. The number of benzene rings is 1. The van der Waals surface area contributed by atoms with E-state index in [1.165, 1.54) is 11.1 Å². The molecule has 0 atom stereocenters. The van der Waals surface area contributed by atoms with Crippen molar-refractivity contribution in [3.05, 3.63) is 35.4 Å². The van der Waals surface area contributed by atoms with Crippen LogP contribution in [0.2, 0.25) is 0 Å². The van der Waals surface area contributed by atoms with E-state index < -0.39 is 0 Å². The van der Waals surface area contributed by atoms with E-state index in [-0.39, 0.29) is 30.1 Å². The molecule has 0 unspecified atom stereocenters. The predicted molar refractivity (Wildman–Crippen MR) is 120 cm³/mol. The van der Waals surface area contributed by atoms with Crippen molar-refractivity contribution in [3.8, 4) is 0 Å². The fraction of sp³-hybridized carbons (Fsp3) is 0.650. The van der Waals surface area contributed by atoms with Crippen LogP contribution in [0.4, 0.5) is 0 Å². The molecule has 0 saturated heterocycles. The molecule has 148 valence electrons. The summed E-state index contributed by atoms with van der Waals surface area (Å²) in [7, 11) is 2.14. The van der Waals surface area contributed by atoms with Crippen LogP contribution in [0, 0.1) is 0 Å². The van der Waals surface area contributed by atoms with E-state index in [9.17, 15) is 5.11 Å². The van der Waals surface area contributed by atoms with Gasteiger partial charge in [0.25, 0.3) is 0 Å². The molecule has 3 N–H and O–H groups in total. The van der Waals surface area contributed by atoms with Crippen LogP contribution < -0.4 is 10.6 Å². The van der Waals surface area contributed by atoms with E-state index in [1.54, 1.807) is 0 Å². The van der Waals surface area contributed by atoms with Gasteiger partial charge in [0.2, 0.25) is 0 Å². The van der Waals surface area contributed by atoms with Crippen molar-refractivity contribution in [2.24, 2.45) is 4.99 Å². The standard InChI is InChI=1S/C20H34N4O.HI/c1-4-21-20(23-18-9-11-19(25)12-10-18)22-14-16-7-6-8-17(13-16)15-24(3)5-2;/h6-8,13,18-19,25H,4-5,9-12,14-15H2,1-3H3,(H2,21,22,23);1H. The molecule has 26 heavy (non-hydrogen) atoms. The van der Waals surface area contributed by atoms with Crippen molar-refractivity contribution in [2.75, 3.05) is 20.1 Å². The highest BCUT2D eigenvalue weighted by molar-refractivity contribution is 14.0. The summed E-state index contributed by atoms with van der Waals surface area (Å²) in [4.78, 5) is 7.05. The van der Waals surface area contributed by atoms with Gasteiger partial charge >= 0.3 is 0 Å². The molecule has 1 saturated carbocycles. The molecule has 5 nitrogen and oxygen atoms in total. The Hall–Kier alpha value is -0.860. The minimum atomic E-state index is -0.124. The molecule has 0 amide bonds. The van der Waals surface area contributed by atoms with E-state index in [4.69, 9.17) is 4.99 Å². The number of nitrogens with one attached hydrogen (secondary N) is 2. The Kier molecular flexibility index (Phi) is 11.2. The molecule has 0 heterocycles. The minimum Gasteiger partial charge on any atom is -0.393 e. The van der Waals surface area contributed by atoms with Crippen LogP contribution in [-0.2, 0) is 13.1 Å². The summed E-state index contributed by atoms with van der Waals surface area (Å²) >= 11 is 0. The maximum Gasteiger partial charge on any atom is 0.191 e. The van der Waals surface area contributed by atoms with Gasteiger partial charge in [0.15, 0.2) is 5.96 Å². The van der Waals surface area contributed by atoms with Crippen LogP contribution in [0.25, 0.3) is 0 Å². The van der Waals surface area contributed by atoms with Crippen LogP contribution in [0.1, 0.15) is 50.7 Å². The summed E-state index contributed by atoms with van der Waals surface area (Å²) in [5.74, 6) is 0.875. The summed E-state index contributed by atoms with van der Waals surface area (Å²) < 4.78 is 0. The van der Waals surface area contributed by atoms with Gasteiger partial charge in [-0.15, -0.1) is 24.0 Å². The Morgan fingerprint density at radius 3 is 2.54 bits per heavy atom. The fourth-order valence-electron chi connectivity index (χ4n) is 3.15. The van der Waals surface area contributed by atoms with E-state index >= 15 is 0 Å². The van der Waals surface area contributed by atoms with Crippen molar-refractivity contribution in [1.29, 1.82) is 0 Å². The first-order valence-electron chi connectivity index (χ1n) is 9.60. The van der Waals surface area contributed by atoms with Crippen molar-refractivity contribution >= 4 is 29.9 Å². The molecule has 0 spiro atoms.